The lowest BCUT2D eigenvalue weighted by atomic mass is 10.3. The molecule has 1 saturated heterocycles. The first kappa shape index (κ1) is 13.8. The summed E-state index contributed by atoms with van der Waals surface area (Å²) in [4.78, 5) is 0. The van der Waals surface area contributed by atoms with Gasteiger partial charge in [0, 0.05) is 6.61 Å². The fourth-order valence-corrected chi connectivity index (χ4v) is 2.65. The Labute approximate surface area is 92.8 Å². The monoisotopic (exact) mass is 259 g/mol. The van der Waals surface area contributed by atoms with E-state index < -0.39 is 35.2 Å². The lowest BCUT2D eigenvalue weighted by Gasteiger charge is -2.15. The Morgan fingerprint density at radius 3 is 2.69 bits per heavy atom. The number of hydrogen-bond donors (Lipinski definition) is 2. The zero-order chi connectivity index (χ0) is 12.2. The van der Waals surface area contributed by atoms with Crippen LogP contribution >= 0.6 is 0 Å². The number of halogens is 2. The fraction of sp³-hybridized carbons (Fsp3) is 1.00. The summed E-state index contributed by atoms with van der Waals surface area (Å²) in [5, 5.41) is 8.27. The van der Waals surface area contributed by atoms with Crippen LogP contribution in [0.2, 0.25) is 0 Å². The van der Waals surface area contributed by atoms with Gasteiger partial charge >= 0.3 is 0 Å². The maximum absolute atomic E-state index is 12.6. The van der Waals surface area contributed by atoms with Crippen molar-refractivity contribution in [2.75, 3.05) is 25.5 Å². The van der Waals surface area contributed by atoms with Gasteiger partial charge in [-0.25, -0.2) is 21.9 Å². The first-order valence-corrected chi connectivity index (χ1v) is 6.57. The molecular formula is C8H15F2NO4S. The summed E-state index contributed by atoms with van der Waals surface area (Å²) in [6.07, 6.45) is 0.991. The standard InChI is InChI=1S/C8H15F2NO4S/c9-8(10,6-12)5-11-16(13,14)4-7-2-1-3-15-7/h7,11-12H,1-6H2. The van der Waals surface area contributed by atoms with Crippen molar-refractivity contribution in [2.45, 2.75) is 24.9 Å². The highest BCUT2D eigenvalue weighted by Crippen LogP contribution is 2.14. The maximum atomic E-state index is 12.6. The molecule has 0 aromatic rings. The zero-order valence-electron chi connectivity index (χ0n) is 8.66. The average Bonchev–Trinajstić information content (AvgIpc) is 2.67. The lowest BCUT2D eigenvalue weighted by Crippen LogP contribution is -2.41. The van der Waals surface area contributed by atoms with Gasteiger partial charge in [-0.3, -0.25) is 0 Å². The molecule has 0 saturated carbocycles. The van der Waals surface area contributed by atoms with E-state index in [4.69, 9.17) is 9.84 Å². The van der Waals surface area contributed by atoms with E-state index in [2.05, 4.69) is 0 Å². The van der Waals surface area contributed by atoms with Crippen molar-refractivity contribution in [2.24, 2.45) is 0 Å². The number of alkyl halides is 2. The van der Waals surface area contributed by atoms with Crippen LogP contribution in [-0.4, -0.2) is 51.1 Å². The molecule has 1 atom stereocenters. The van der Waals surface area contributed by atoms with Gasteiger partial charge in [0.2, 0.25) is 10.0 Å². The van der Waals surface area contributed by atoms with Gasteiger partial charge in [0.1, 0.15) is 6.61 Å². The summed E-state index contributed by atoms with van der Waals surface area (Å²) in [5.41, 5.74) is 0. The molecule has 0 spiro atoms. The number of ether oxygens (including phenoxy) is 1. The third kappa shape index (κ3) is 4.69. The third-order valence-electron chi connectivity index (χ3n) is 2.21. The molecule has 96 valence electrons. The molecule has 8 heteroatoms. The van der Waals surface area contributed by atoms with Crippen molar-refractivity contribution in [3.8, 4) is 0 Å². The highest BCUT2D eigenvalue weighted by Gasteiger charge is 2.31. The first-order valence-electron chi connectivity index (χ1n) is 4.92. The van der Waals surface area contributed by atoms with E-state index in [1.807, 2.05) is 0 Å². The van der Waals surface area contributed by atoms with Crippen molar-refractivity contribution in [3.63, 3.8) is 0 Å². The van der Waals surface area contributed by atoms with Crippen LogP contribution in [0.4, 0.5) is 8.78 Å². The molecular weight excluding hydrogens is 244 g/mol. The van der Waals surface area contributed by atoms with Crippen LogP contribution in [0.5, 0.6) is 0 Å². The quantitative estimate of drug-likeness (QED) is 0.687. The van der Waals surface area contributed by atoms with Gasteiger partial charge in [-0.2, -0.15) is 0 Å². The number of hydrogen-bond acceptors (Lipinski definition) is 4. The molecule has 1 fully saturated rings. The minimum Gasteiger partial charge on any atom is -0.390 e. The topological polar surface area (TPSA) is 75.6 Å². The predicted octanol–water partition coefficient (Wildman–Crippen LogP) is -0.288. The van der Waals surface area contributed by atoms with E-state index in [-0.39, 0.29) is 5.75 Å². The van der Waals surface area contributed by atoms with E-state index in [1.54, 1.807) is 4.72 Å². The molecule has 5 nitrogen and oxygen atoms in total. The van der Waals surface area contributed by atoms with E-state index in [9.17, 15) is 17.2 Å². The van der Waals surface area contributed by atoms with Crippen molar-refractivity contribution in [3.05, 3.63) is 0 Å². The van der Waals surface area contributed by atoms with Crippen LogP contribution in [0.15, 0.2) is 0 Å². The van der Waals surface area contributed by atoms with Crippen molar-refractivity contribution < 1.29 is 27.0 Å². The lowest BCUT2D eigenvalue weighted by molar-refractivity contribution is -0.0437. The number of sulfonamides is 1. The molecule has 0 aromatic carbocycles. The van der Waals surface area contributed by atoms with Gasteiger partial charge < -0.3 is 9.84 Å². The van der Waals surface area contributed by atoms with Gasteiger partial charge in [0.15, 0.2) is 0 Å². The third-order valence-corrected chi connectivity index (χ3v) is 3.61. The molecule has 2 N–H and O–H groups in total. The molecule has 1 rings (SSSR count). The molecule has 0 radical (unpaired) electrons. The highest BCUT2D eigenvalue weighted by molar-refractivity contribution is 7.89. The summed E-state index contributed by atoms with van der Waals surface area (Å²) in [5.74, 6) is -3.74. The number of nitrogens with one attached hydrogen (secondary N) is 1. The van der Waals surface area contributed by atoms with Gasteiger partial charge in [0.05, 0.1) is 18.4 Å². The second kappa shape index (κ2) is 5.35. The molecule has 0 bridgehead atoms. The van der Waals surface area contributed by atoms with E-state index >= 15 is 0 Å². The summed E-state index contributed by atoms with van der Waals surface area (Å²) in [6, 6.07) is 0. The van der Waals surface area contributed by atoms with Crippen molar-refractivity contribution in [1.29, 1.82) is 0 Å². The number of aliphatic hydroxyl groups excluding tert-OH is 1. The largest absolute Gasteiger partial charge is 0.390 e. The first-order chi connectivity index (χ1) is 7.35. The van der Waals surface area contributed by atoms with Gasteiger partial charge in [-0.05, 0) is 12.8 Å². The van der Waals surface area contributed by atoms with E-state index in [0.717, 1.165) is 6.42 Å². The second-order valence-corrected chi connectivity index (χ2v) is 5.60. The molecule has 1 heterocycles. The normalized spacial score (nSPS) is 22.6. The fourth-order valence-electron chi connectivity index (χ4n) is 1.35. The minimum atomic E-state index is -3.77. The summed E-state index contributed by atoms with van der Waals surface area (Å²) < 4.78 is 54.7. The predicted molar refractivity (Wildman–Crippen MR) is 52.8 cm³/mol. The van der Waals surface area contributed by atoms with Crippen molar-refractivity contribution in [1.82, 2.24) is 4.72 Å². The molecule has 16 heavy (non-hydrogen) atoms. The number of rotatable bonds is 6. The maximum Gasteiger partial charge on any atom is 0.283 e. The Balaban J connectivity index is 2.39. The van der Waals surface area contributed by atoms with Gasteiger partial charge in [-0.15, -0.1) is 0 Å². The van der Waals surface area contributed by atoms with Crippen molar-refractivity contribution >= 4 is 10.0 Å². The van der Waals surface area contributed by atoms with E-state index in [1.165, 1.54) is 0 Å². The summed E-state index contributed by atoms with van der Waals surface area (Å²) in [7, 11) is -3.77. The van der Waals surface area contributed by atoms with Crippen LogP contribution in [0.25, 0.3) is 0 Å². The molecule has 0 aliphatic carbocycles. The SMILES string of the molecule is O=S(=O)(CC1CCCO1)NCC(F)(F)CO. The van der Waals surface area contributed by atoms with Crippen LogP contribution < -0.4 is 4.72 Å². The smallest absolute Gasteiger partial charge is 0.283 e. The Morgan fingerprint density at radius 2 is 2.19 bits per heavy atom. The second-order valence-electron chi connectivity index (χ2n) is 3.75. The zero-order valence-corrected chi connectivity index (χ0v) is 9.47. The summed E-state index contributed by atoms with van der Waals surface area (Å²) >= 11 is 0. The van der Waals surface area contributed by atoms with Gasteiger partial charge in [-0.1, -0.05) is 0 Å². The van der Waals surface area contributed by atoms with Crippen LogP contribution in [0.1, 0.15) is 12.8 Å². The average molecular weight is 259 g/mol. The van der Waals surface area contributed by atoms with Crippen LogP contribution in [0, 0.1) is 0 Å². The molecule has 1 aliphatic rings. The Bertz CT molecular complexity index is 314. The van der Waals surface area contributed by atoms with Gasteiger partial charge in [0.25, 0.3) is 5.92 Å². The molecule has 1 unspecified atom stereocenters. The molecule has 1 aliphatic heterocycles. The Hall–Kier alpha value is -0.310. The highest BCUT2D eigenvalue weighted by atomic mass is 32.2. The molecule has 0 amide bonds. The minimum absolute atomic E-state index is 0.311. The Kier molecular flexibility index (Phi) is 4.60. The number of aliphatic hydroxyl groups is 1. The molecule has 0 aromatic heterocycles. The summed E-state index contributed by atoms with van der Waals surface area (Å²) in [6.45, 7) is -1.96. The van der Waals surface area contributed by atoms with Crippen LogP contribution in [-0.2, 0) is 14.8 Å². The van der Waals surface area contributed by atoms with Crippen LogP contribution in [0.3, 0.4) is 0 Å². The Morgan fingerprint density at radius 1 is 1.50 bits per heavy atom. The van der Waals surface area contributed by atoms with E-state index in [0.29, 0.717) is 13.0 Å².